The summed E-state index contributed by atoms with van der Waals surface area (Å²) >= 11 is 0. The number of phenols is 1. The fourth-order valence-electron chi connectivity index (χ4n) is 1.35. The minimum absolute atomic E-state index is 0.0662. The van der Waals surface area contributed by atoms with Gasteiger partial charge in [-0.3, -0.25) is 4.79 Å². The van der Waals surface area contributed by atoms with E-state index in [1.807, 2.05) is 0 Å². The molecule has 4 nitrogen and oxygen atoms in total. The predicted octanol–water partition coefficient (Wildman–Crippen LogP) is 1.49. The van der Waals surface area contributed by atoms with Crippen LogP contribution in [-0.4, -0.2) is 18.0 Å². The smallest absolute Gasteiger partial charge is 0.163 e. The van der Waals surface area contributed by atoms with Crippen molar-refractivity contribution in [2.45, 2.75) is 13.8 Å². The first kappa shape index (κ1) is 10.4. The molecule has 0 unspecified atom stereocenters. The van der Waals surface area contributed by atoms with Gasteiger partial charge in [0.05, 0.1) is 18.4 Å². The maximum absolute atomic E-state index is 11.1. The Balaban J connectivity index is 3.47. The monoisotopic (exact) mass is 195 g/mol. The number of nitrogen functional groups attached to an aromatic ring is 1. The van der Waals surface area contributed by atoms with Crippen LogP contribution in [0, 0.1) is 6.92 Å². The van der Waals surface area contributed by atoms with E-state index in [0.717, 1.165) is 0 Å². The maximum atomic E-state index is 11.1. The van der Waals surface area contributed by atoms with E-state index in [0.29, 0.717) is 17.0 Å². The number of hydrogen-bond acceptors (Lipinski definition) is 4. The number of nitrogens with two attached hydrogens (primary N) is 1. The van der Waals surface area contributed by atoms with Gasteiger partial charge in [0.2, 0.25) is 0 Å². The van der Waals surface area contributed by atoms with Crippen molar-refractivity contribution < 1.29 is 14.6 Å². The van der Waals surface area contributed by atoms with Crippen LogP contribution in [0.2, 0.25) is 0 Å². The minimum Gasteiger partial charge on any atom is -0.507 e. The lowest BCUT2D eigenvalue weighted by atomic mass is 10.0. The lowest BCUT2D eigenvalue weighted by Gasteiger charge is -2.12. The molecule has 0 aliphatic rings. The van der Waals surface area contributed by atoms with Gasteiger partial charge in [0.15, 0.2) is 5.78 Å². The van der Waals surface area contributed by atoms with Crippen molar-refractivity contribution in [1.29, 1.82) is 0 Å². The second-order valence-electron chi connectivity index (χ2n) is 3.08. The molecule has 3 N–H and O–H groups in total. The molecule has 76 valence electrons. The first-order valence-corrected chi connectivity index (χ1v) is 4.16. The minimum atomic E-state index is -0.222. The van der Waals surface area contributed by atoms with E-state index < -0.39 is 0 Å². The number of rotatable bonds is 2. The Hall–Kier alpha value is -1.71. The second-order valence-corrected chi connectivity index (χ2v) is 3.08. The van der Waals surface area contributed by atoms with E-state index in [9.17, 15) is 9.90 Å². The molecule has 4 heteroatoms. The molecule has 0 saturated carbocycles. The van der Waals surface area contributed by atoms with Crippen LogP contribution in [0.5, 0.6) is 11.5 Å². The molecule has 1 rings (SSSR count). The topological polar surface area (TPSA) is 72.5 Å². The van der Waals surface area contributed by atoms with Gasteiger partial charge in [-0.1, -0.05) is 0 Å². The zero-order valence-corrected chi connectivity index (χ0v) is 8.42. The number of anilines is 1. The van der Waals surface area contributed by atoms with Crippen molar-refractivity contribution in [1.82, 2.24) is 0 Å². The first-order valence-electron chi connectivity index (χ1n) is 4.16. The third-order valence-electron chi connectivity index (χ3n) is 2.10. The fraction of sp³-hybridized carbons (Fsp3) is 0.300. The van der Waals surface area contributed by atoms with Crippen LogP contribution < -0.4 is 10.5 Å². The van der Waals surface area contributed by atoms with Gasteiger partial charge in [-0.25, -0.2) is 0 Å². The summed E-state index contributed by atoms with van der Waals surface area (Å²) in [4.78, 5) is 11.1. The molecule has 0 spiro atoms. The SMILES string of the molecule is COc1c(N)cc(C(C)=O)c(O)c1C. The Morgan fingerprint density at radius 3 is 2.57 bits per heavy atom. The van der Waals surface area contributed by atoms with Crippen molar-refractivity contribution in [3.8, 4) is 11.5 Å². The Morgan fingerprint density at radius 2 is 2.14 bits per heavy atom. The Kier molecular flexibility index (Phi) is 2.65. The summed E-state index contributed by atoms with van der Waals surface area (Å²) in [6.45, 7) is 3.03. The summed E-state index contributed by atoms with van der Waals surface area (Å²) < 4.78 is 5.00. The van der Waals surface area contributed by atoms with E-state index in [2.05, 4.69) is 0 Å². The van der Waals surface area contributed by atoms with Crippen LogP contribution in [0.25, 0.3) is 0 Å². The molecule has 0 amide bonds. The first-order chi connectivity index (χ1) is 6.49. The van der Waals surface area contributed by atoms with Crippen LogP contribution in [0.4, 0.5) is 5.69 Å². The zero-order chi connectivity index (χ0) is 10.9. The molecular formula is C10H13NO3. The van der Waals surface area contributed by atoms with Crippen LogP contribution >= 0.6 is 0 Å². The number of benzene rings is 1. The van der Waals surface area contributed by atoms with E-state index in [1.54, 1.807) is 6.92 Å². The van der Waals surface area contributed by atoms with Crippen molar-refractivity contribution in [2.75, 3.05) is 12.8 Å². The molecule has 14 heavy (non-hydrogen) atoms. The predicted molar refractivity (Wildman–Crippen MR) is 53.8 cm³/mol. The third kappa shape index (κ3) is 1.51. The lowest BCUT2D eigenvalue weighted by molar-refractivity contribution is 0.101. The second kappa shape index (κ2) is 3.57. The number of ketones is 1. The van der Waals surface area contributed by atoms with Crippen LogP contribution in [-0.2, 0) is 0 Å². The fourth-order valence-corrected chi connectivity index (χ4v) is 1.35. The third-order valence-corrected chi connectivity index (χ3v) is 2.10. The van der Waals surface area contributed by atoms with Crippen molar-refractivity contribution in [2.24, 2.45) is 0 Å². The molecule has 0 aliphatic carbocycles. The van der Waals surface area contributed by atoms with Crippen LogP contribution in [0.3, 0.4) is 0 Å². The summed E-state index contributed by atoms with van der Waals surface area (Å²) in [6.07, 6.45) is 0. The van der Waals surface area contributed by atoms with Crippen molar-refractivity contribution >= 4 is 11.5 Å². The molecule has 0 heterocycles. The standard InChI is InChI=1S/C10H13NO3/c1-5-9(13)7(6(2)12)4-8(11)10(5)14-3/h4,13H,11H2,1-3H3. The number of aromatic hydroxyl groups is 1. The number of carbonyl (C=O) groups is 1. The highest BCUT2D eigenvalue weighted by molar-refractivity contribution is 5.98. The van der Waals surface area contributed by atoms with Gasteiger partial charge in [0.25, 0.3) is 0 Å². The number of carbonyl (C=O) groups excluding carboxylic acids is 1. The van der Waals surface area contributed by atoms with Gasteiger partial charge < -0.3 is 15.6 Å². The van der Waals surface area contributed by atoms with E-state index in [4.69, 9.17) is 10.5 Å². The molecule has 0 fully saturated rings. The molecule has 1 aromatic carbocycles. The molecule has 0 aromatic heterocycles. The number of ether oxygens (including phenoxy) is 1. The van der Waals surface area contributed by atoms with Gasteiger partial charge in [-0.05, 0) is 19.9 Å². The van der Waals surface area contributed by atoms with Gasteiger partial charge in [0.1, 0.15) is 11.5 Å². The highest BCUT2D eigenvalue weighted by Crippen LogP contribution is 2.35. The van der Waals surface area contributed by atoms with Crippen LogP contribution in [0.1, 0.15) is 22.8 Å². The molecule has 0 bridgehead atoms. The summed E-state index contributed by atoms with van der Waals surface area (Å²) in [6, 6.07) is 1.42. The highest BCUT2D eigenvalue weighted by atomic mass is 16.5. The molecule has 0 atom stereocenters. The molecule has 1 aromatic rings. The molecule has 0 radical (unpaired) electrons. The lowest BCUT2D eigenvalue weighted by Crippen LogP contribution is -2.01. The van der Waals surface area contributed by atoms with Crippen molar-refractivity contribution in [3.63, 3.8) is 0 Å². The number of phenolic OH excluding ortho intramolecular Hbond substituents is 1. The zero-order valence-electron chi connectivity index (χ0n) is 8.42. The molecule has 0 aliphatic heterocycles. The van der Waals surface area contributed by atoms with E-state index in [1.165, 1.54) is 20.1 Å². The Morgan fingerprint density at radius 1 is 1.57 bits per heavy atom. The largest absolute Gasteiger partial charge is 0.507 e. The van der Waals surface area contributed by atoms with Gasteiger partial charge in [-0.15, -0.1) is 0 Å². The quantitative estimate of drug-likeness (QED) is 0.426. The Bertz CT molecular complexity index is 385. The van der Waals surface area contributed by atoms with Gasteiger partial charge >= 0.3 is 0 Å². The van der Waals surface area contributed by atoms with Crippen LogP contribution in [0.15, 0.2) is 6.07 Å². The summed E-state index contributed by atoms with van der Waals surface area (Å²) in [5.74, 6) is 0.121. The van der Waals surface area contributed by atoms with E-state index >= 15 is 0 Å². The number of methoxy groups -OCH3 is 1. The number of Topliss-reactive ketones (excluding diaryl/α,β-unsaturated/α-hetero) is 1. The van der Waals surface area contributed by atoms with Gasteiger partial charge in [0, 0.05) is 5.56 Å². The Labute approximate surface area is 82.3 Å². The average molecular weight is 195 g/mol. The maximum Gasteiger partial charge on any atom is 0.163 e. The number of hydrogen-bond donors (Lipinski definition) is 2. The van der Waals surface area contributed by atoms with Gasteiger partial charge in [-0.2, -0.15) is 0 Å². The van der Waals surface area contributed by atoms with E-state index in [-0.39, 0.29) is 17.1 Å². The average Bonchev–Trinajstić information content (AvgIpc) is 2.12. The summed E-state index contributed by atoms with van der Waals surface area (Å²) in [7, 11) is 1.46. The van der Waals surface area contributed by atoms with Crippen molar-refractivity contribution in [3.05, 3.63) is 17.2 Å². The highest BCUT2D eigenvalue weighted by Gasteiger charge is 2.15. The normalized spacial score (nSPS) is 9.93. The molecule has 0 saturated heterocycles. The summed E-state index contributed by atoms with van der Waals surface area (Å²) in [5, 5.41) is 9.65. The summed E-state index contributed by atoms with van der Waals surface area (Å²) in [5.41, 5.74) is 6.71. The molecular weight excluding hydrogens is 182 g/mol.